The van der Waals surface area contributed by atoms with E-state index in [9.17, 15) is 19.8 Å². The highest BCUT2D eigenvalue weighted by Crippen LogP contribution is 2.35. The predicted molar refractivity (Wildman–Crippen MR) is 111 cm³/mol. The quantitative estimate of drug-likeness (QED) is 0.278. The Kier molecular flexibility index (Phi) is 4.99. The Morgan fingerprint density at radius 1 is 1.36 bits per heavy atom. The van der Waals surface area contributed by atoms with Gasteiger partial charge in [-0.1, -0.05) is 17.8 Å². The summed E-state index contributed by atoms with van der Waals surface area (Å²) in [7, 11) is 0. The average molecular weight is 415 g/mol. The first-order chi connectivity index (χ1) is 13.5. The number of allylic oxidation sites excluding steroid dienone is 1. The first-order valence-electron chi connectivity index (χ1n) is 8.83. The van der Waals surface area contributed by atoms with Crippen molar-refractivity contribution in [2.75, 3.05) is 5.75 Å². The number of carbonyl (C=O) groups is 1. The molecule has 1 aliphatic carbocycles. The van der Waals surface area contributed by atoms with Gasteiger partial charge in [-0.05, 0) is 37.0 Å². The Labute approximate surface area is 169 Å². The second-order valence-electron chi connectivity index (χ2n) is 6.55. The number of hydrogen-bond acceptors (Lipinski definition) is 7. The summed E-state index contributed by atoms with van der Waals surface area (Å²) in [6, 6.07) is 3.86. The summed E-state index contributed by atoms with van der Waals surface area (Å²) >= 11 is 2.72. The molecule has 4 rings (SSSR count). The molecule has 6 nitrogen and oxygen atoms in total. The van der Waals surface area contributed by atoms with Gasteiger partial charge in [0.15, 0.2) is 10.9 Å². The molecule has 0 aliphatic heterocycles. The van der Waals surface area contributed by atoms with E-state index >= 15 is 0 Å². The number of nitrogens with zero attached hydrogens (tertiary/aromatic N) is 2. The second kappa shape index (κ2) is 7.44. The maximum atomic E-state index is 13.1. The van der Waals surface area contributed by atoms with Crippen LogP contribution in [0.2, 0.25) is 0 Å². The molecule has 0 atom stereocenters. The van der Waals surface area contributed by atoms with Crippen LogP contribution in [0.25, 0.3) is 10.2 Å². The number of thioether (sulfide) groups is 1. The molecule has 1 aromatic carbocycles. The Hall–Kier alpha value is -2.58. The van der Waals surface area contributed by atoms with Crippen LogP contribution in [0, 0.1) is 0 Å². The van der Waals surface area contributed by atoms with Crippen LogP contribution in [0.1, 0.15) is 27.2 Å². The van der Waals surface area contributed by atoms with Gasteiger partial charge in [-0.2, -0.15) is 0 Å². The molecule has 3 aromatic rings. The van der Waals surface area contributed by atoms with Crippen LogP contribution in [0.3, 0.4) is 0 Å². The second-order valence-corrected chi connectivity index (χ2v) is 8.58. The Morgan fingerprint density at radius 2 is 2.18 bits per heavy atom. The lowest BCUT2D eigenvalue weighted by Gasteiger charge is -2.10. The molecule has 0 radical (unpaired) electrons. The molecule has 2 aromatic heterocycles. The molecule has 0 saturated carbocycles. The minimum Gasteiger partial charge on any atom is -0.508 e. The summed E-state index contributed by atoms with van der Waals surface area (Å²) in [5, 5.41) is 20.4. The fourth-order valence-electron chi connectivity index (χ4n) is 3.42. The van der Waals surface area contributed by atoms with E-state index < -0.39 is 0 Å². The van der Waals surface area contributed by atoms with Crippen molar-refractivity contribution in [1.29, 1.82) is 0 Å². The third-order valence-corrected chi connectivity index (χ3v) is 6.88. The largest absolute Gasteiger partial charge is 0.508 e. The zero-order chi connectivity index (χ0) is 19.8. The monoisotopic (exact) mass is 414 g/mol. The molecule has 1 aliphatic rings. The van der Waals surface area contributed by atoms with Gasteiger partial charge >= 0.3 is 0 Å². The molecule has 2 N–H and O–H groups in total. The Balaban J connectivity index is 1.68. The van der Waals surface area contributed by atoms with Gasteiger partial charge in [-0.3, -0.25) is 14.2 Å². The number of hydrogen-bond donors (Lipinski definition) is 2. The third kappa shape index (κ3) is 3.22. The number of phenols is 2. The van der Waals surface area contributed by atoms with Gasteiger partial charge in [0.05, 0.1) is 16.7 Å². The number of rotatable bonds is 6. The van der Waals surface area contributed by atoms with E-state index in [0.717, 1.165) is 47.5 Å². The predicted octanol–water partition coefficient (Wildman–Crippen LogP) is 3.52. The fourth-order valence-corrected chi connectivity index (χ4v) is 5.62. The number of aromatic hydroxyl groups is 2. The van der Waals surface area contributed by atoms with Crippen molar-refractivity contribution < 1.29 is 15.0 Å². The smallest absolute Gasteiger partial charge is 0.263 e. The highest BCUT2D eigenvalue weighted by Gasteiger charge is 2.23. The van der Waals surface area contributed by atoms with Gasteiger partial charge in [0.1, 0.15) is 16.3 Å². The summed E-state index contributed by atoms with van der Waals surface area (Å²) in [5.41, 5.74) is 1.16. The number of thiophene rings is 1. The van der Waals surface area contributed by atoms with Crippen LogP contribution in [0.15, 0.2) is 40.8 Å². The van der Waals surface area contributed by atoms with Crippen molar-refractivity contribution in [2.24, 2.45) is 0 Å². The summed E-state index contributed by atoms with van der Waals surface area (Å²) in [4.78, 5) is 32.2. The van der Waals surface area contributed by atoms with Crippen molar-refractivity contribution in [3.05, 3.63) is 57.2 Å². The van der Waals surface area contributed by atoms with E-state index in [1.807, 2.05) is 0 Å². The first kappa shape index (κ1) is 18.8. The normalized spacial score (nSPS) is 13.0. The average Bonchev–Trinajstić information content (AvgIpc) is 3.23. The van der Waals surface area contributed by atoms with E-state index in [4.69, 9.17) is 0 Å². The highest BCUT2D eigenvalue weighted by atomic mass is 32.2. The van der Waals surface area contributed by atoms with Crippen molar-refractivity contribution in [1.82, 2.24) is 9.55 Å². The number of fused-ring (bicyclic) bond motifs is 3. The van der Waals surface area contributed by atoms with Crippen LogP contribution < -0.4 is 5.56 Å². The molecule has 8 heteroatoms. The molecular formula is C20H18N2O4S2. The van der Waals surface area contributed by atoms with Crippen molar-refractivity contribution in [2.45, 2.75) is 31.0 Å². The standard InChI is InChI=1S/C20H18N2O4S2/c1-2-8-22-19(26)17-13-4-3-5-16(13)28-18(17)21-20(22)27-10-15(25)12-7-6-11(23)9-14(12)24/h2,6-7,9,23-24H,1,3-5,8,10H2. The molecule has 0 bridgehead atoms. The zero-order valence-electron chi connectivity index (χ0n) is 15.0. The highest BCUT2D eigenvalue weighted by molar-refractivity contribution is 7.99. The summed E-state index contributed by atoms with van der Waals surface area (Å²) in [5.74, 6) is -0.680. The molecule has 0 spiro atoms. The Bertz CT molecular complexity index is 1160. The van der Waals surface area contributed by atoms with Gasteiger partial charge < -0.3 is 10.2 Å². The number of carbonyl (C=O) groups excluding carboxylic acids is 1. The van der Waals surface area contributed by atoms with Gasteiger partial charge in [-0.25, -0.2) is 4.98 Å². The van der Waals surface area contributed by atoms with Crippen LogP contribution >= 0.6 is 23.1 Å². The Morgan fingerprint density at radius 3 is 2.93 bits per heavy atom. The zero-order valence-corrected chi connectivity index (χ0v) is 16.6. The van der Waals surface area contributed by atoms with E-state index in [-0.39, 0.29) is 34.2 Å². The molecule has 0 fully saturated rings. The van der Waals surface area contributed by atoms with Gasteiger partial charge in [-0.15, -0.1) is 17.9 Å². The van der Waals surface area contributed by atoms with Crippen LogP contribution in [-0.4, -0.2) is 31.3 Å². The van der Waals surface area contributed by atoms with Crippen molar-refractivity contribution in [3.8, 4) is 11.5 Å². The topological polar surface area (TPSA) is 92.4 Å². The lowest BCUT2D eigenvalue weighted by molar-refractivity contribution is 0.102. The fraction of sp³-hybridized carbons (Fsp3) is 0.250. The number of benzene rings is 1. The van der Waals surface area contributed by atoms with Gasteiger partial charge in [0.25, 0.3) is 5.56 Å². The number of aryl methyl sites for hydroxylation is 2. The lowest BCUT2D eigenvalue weighted by Crippen LogP contribution is -2.23. The van der Waals surface area contributed by atoms with E-state index in [2.05, 4.69) is 11.6 Å². The SMILES string of the molecule is C=CCn1c(SCC(=O)c2ccc(O)cc2O)nc2sc3c(c2c1=O)CCC3. The molecule has 0 unspecified atom stereocenters. The van der Waals surface area contributed by atoms with Crippen LogP contribution in [0.5, 0.6) is 11.5 Å². The molecule has 28 heavy (non-hydrogen) atoms. The number of ketones is 1. The van der Waals surface area contributed by atoms with Crippen LogP contribution in [0.4, 0.5) is 0 Å². The summed E-state index contributed by atoms with van der Waals surface area (Å²) < 4.78 is 1.55. The molecule has 0 saturated heterocycles. The van der Waals surface area contributed by atoms with E-state index in [1.165, 1.54) is 17.0 Å². The maximum Gasteiger partial charge on any atom is 0.263 e. The number of Topliss-reactive ketones (excluding diaryl/α,β-unsaturated/α-hetero) is 1. The molecule has 2 heterocycles. The van der Waals surface area contributed by atoms with Crippen molar-refractivity contribution >= 4 is 39.1 Å². The molecule has 144 valence electrons. The summed E-state index contributed by atoms with van der Waals surface area (Å²) in [6.07, 6.45) is 4.60. The van der Waals surface area contributed by atoms with E-state index in [1.54, 1.807) is 22.0 Å². The minimum absolute atomic E-state index is 0.0124. The van der Waals surface area contributed by atoms with Crippen molar-refractivity contribution in [3.63, 3.8) is 0 Å². The third-order valence-electron chi connectivity index (χ3n) is 4.72. The van der Waals surface area contributed by atoms with Gasteiger partial charge in [0.2, 0.25) is 0 Å². The summed E-state index contributed by atoms with van der Waals surface area (Å²) in [6.45, 7) is 4.04. The molecule has 0 amide bonds. The maximum absolute atomic E-state index is 13.1. The minimum atomic E-state index is -0.310. The van der Waals surface area contributed by atoms with Crippen LogP contribution in [-0.2, 0) is 19.4 Å². The van der Waals surface area contributed by atoms with Gasteiger partial charge in [0, 0.05) is 17.5 Å². The lowest BCUT2D eigenvalue weighted by atomic mass is 10.1. The van der Waals surface area contributed by atoms with E-state index in [0.29, 0.717) is 17.1 Å². The molecular weight excluding hydrogens is 396 g/mol. The first-order valence-corrected chi connectivity index (χ1v) is 10.6. The number of phenolic OH excluding ortho intramolecular Hbond substituents is 2. The number of aromatic nitrogens is 2.